The smallest absolute Gasteiger partial charge is 0.252 e. The summed E-state index contributed by atoms with van der Waals surface area (Å²) in [7, 11) is 1.76. The molecule has 0 radical (unpaired) electrons. The van der Waals surface area contributed by atoms with Crippen LogP contribution in [0.4, 0.5) is 5.69 Å². The van der Waals surface area contributed by atoms with Crippen LogP contribution in [0.2, 0.25) is 0 Å². The third kappa shape index (κ3) is 4.21. The summed E-state index contributed by atoms with van der Waals surface area (Å²) < 4.78 is 3.23. The molecule has 3 atom stereocenters. The second-order valence-corrected chi connectivity index (χ2v) is 9.43. The summed E-state index contributed by atoms with van der Waals surface area (Å²) in [4.78, 5) is 22.7. The van der Waals surface area contributed by atoms with Gasteiger partial charge < -0.3 is 9.47 Å². The molecule has 0 aliphatic carbocycles. The number of hydrogen-bond donors (Lipinski definition) is 0. The van der Waals surface area contributed by atoms with Crippen molar-refractivity contribution in [1.82, 2.24) is 24.2 Å². The quantitative estimate of drug-likeness (QED) is 0.557. The highest BCUT2D eigenvalue weighted by atomic mass is 16.1. The summed E-state index contributed by atoms with van der Waals surface area (Å²) in [6.45, 7) is 12.7. The van der Waals surface area contributed by atoms with Gasteiger partial charge in [-0.1, -0.05) is 19.9 Å². The Hall–Kier alpha value is -3.18. The van der Waals surface area contributed by atoms with Crippen molar-refractivity contribution in [3.05, 3.63) is 51.7 Å². The number of nitriles is 1. The molecule has 0 aromatic carbocycles. The summed E-state index contributed by atoms with van der Waals surface area (Å²) in [5.41, 5.74) is 5.76. The van der Waals surface area contributed by atoms with Crippen molar-refractivity contribution >= 4 is 16.7 Å². The van der Waals surface area contributed by atoms with Gasteiger partial charge >= 0.3 is 0 Å². The molecule has 8 heteroatoms. The van der Waals surface area contributed by atoms with Gasteiger partial charge in [0, 0.05) is 50.0 Å². The van der Waals surface area contributed by atoms with Crippen LogP contribution in [0, 0.1) is 25.2 Å². The lowest BCUT2D eigenvalue weighted by molar-refractivity contribution is 0.0991. The van der Waals surface area contributed by atoms with E-state index in [0.717, 1.165) is 54.0 Å². The molecule has 34 heavy (non-hydrogen) atoms. The predicted molar refractivity (Wildman–Crippen MR) is 135 cm³/mol. The van der Waals surface area contributed by atoms with Crippen LogP contribution in [0.5, 0.6) is 0 Å². The Kier molecular flexibility index (Phi) is 6.76. The van der Waals surface area contributed by atoms with E-state index in [-0.39, 0.29) is 24.2 Å². The van der Waals surface area contributed by atoms with E-state index in [4.69, 9.17) is 10.2 Å². The number of aryl methyl sites for hydroxylation is 3. The van der Waals surface area contributed by atoms with E-state index in [1.807, 2.05) is 0 Å². The van der Waals surface area contributed by atoms with Crippen molar-refractivity contribution in [3.63, 3.8) is 0 Å². The van der Waals surface area contributed by atoms with Crippen molar-refractivity contribution in [1.29, 1.82) is 5.26 Å². The Morgan fingerprint density at radius 3 is 2.56 bits per heavy atom. The van der Waals surface area contributed by atoms with Crippen LogP contribution >= 0.6 is 0 Å². The lowest BCUT2D eigenvalue weighted by Crippen LogP contribution is -2.59. The maximum Gasteiger partial charge on any atom is 0.252 e. The maximum absolute atomic E-state index is 12.8. The van der Waals surface area contributed by atoms with Crippen LogP contribution in [0.1, 0.15) is 56.6 Å². The van der Waals surface area contributed by atoms with Crippen molar-refractivity contribution in [2.24, 2.45) is 7.05 Å². The van der Waals surface area contributed by atoms with Gasteiger partial charge in [0.2, 0.25) is 0 Å². The lowest BCUT2D eigenvalue weighted by atomic mass is 9.98. The first-order chi connectivity index (χ1) is 16.3. The molecule has 0 amide bonds. The summed E-state index contributed by atoms with van der Waals surface area (Å²) in [6.07, 6.45) is 3.75. The van der Waals surface area contributed by atoms with Gasteiger partial charge in [-0.25, -0.2) is 0 Å². The molecule has 1 saturated heterocycles. The minimum atomic E-state index is -0.0583. The van der Waals surface area contributed by atoms with E-state index in [1.165, 1.54) is 5.56 Å². The fourth-order valence-electron chi connectivity index (χ4n) is 5.12. The first-order valence-electron chi connectivity index (χ1n) is 12.2. The Labute approximate surface area is 201 Å². The SMILES string of the molecule is CC[C@H]1CN([C@H](C)c2ccc(C)c(C)n2)[C@H](CC)CN1c1cc(=O)n(C)c2cn(CC#N)nc12. The highest BCUT2D eigenvalue weighted by Crippen LogP contribution is 2.34. The van der Waals surface area contributed by atoms with Gasteiger partial charge in [-0.2, -0.15) is 10.4 Å². The molecule has 0 unspecified atom stereocenters. The molecular weight excluding hydrogens is 426 g/mol. The Bertz CT molecular complexity index is 1280. The van der Waals surface area contributed by atoms with Gasteiger partial charge in [0.15, 0.2) is 0 Å². The summed E-state index contributed by atoms with van der Waals surface area (Å²) in [5.74, 6) is 0. The summed E-state index contributed by atoms with van der Waals surface area (Å²) >= 11 is 0. The number of nitrogens with zero attached hydrogens (tertiary/aromatic N) is 7. The molecule has 0 saturated carbocycles. The molecule has 3 aromatic heterocycles. The molecule has 0 N–H and O–H groups in total. The standard InChI is InChI=1S/C26H35N7O/c1-7-20-15-33(23-13-25(34)30(6)24-16-31(12-11-27)29-26(23)24)21(8-2)14-32(20)19(5)22-10-9-17(3)18(4)28-22/h9-10,13,16,19-21H,7-8,12,14-15H2,1-6H3/t19-,20-,21+/m1/s1. The summed E-state index contributed by atoms with van der Waals surface area (Å²) in [5, 5.41) is 13.8. The van der Waals surface area contributed by atoms with Crippen molar-refractivity contribution < 1.29 is 0 Å². The van der Waals surface area contributed by atoms with Crippen LogP contribution < -0.4 is 10.5 Å². The minimum Gasteiger partial charge on any atom is -0.364 e. The molecule has 0 bridgehead atoms. The van der Waals surface area contributed by atoms with E-state index >= 15 is 0 Å². The minimum absolute atomic E-state index is 0.0583. The van der Waals surface area contributed by atoms with E-state index < -0.39 is 0 Å². The van der Waals surface area contributed by atoms with Gasteiger partial charge in [-0.05, 0) is 45.2 Å². The monoisotopic (exact) mass is 461 g/mol. The summed E-state index contributed by atoms with van der Waals surface area (Å²) in [6, 6.07) is 8.94. The van der Waals surface area contributed by atoms with E-state index in [9.17, 15) is 4.79 Å². The normalized spacial score (nSPS) is 20.0. The average molecular weight is 462 g/mol. The number of fused-ring (bicyclic) bond motifs is 1. The molecule has 0 spiro atoms. The van der Waals surface area contributed by atoms with Crippen LogP contribution in [-0.4, -0.2) is 49.4 Å². The molecule has 1 aliphatic rings. The first kappa shape index (κ1) is 24.0. The number of pyridine rings is 2. The van der Waals surface area contributed by atoms with Gasteiger partial charge in [-0.15, -0.1) is 0 Å². The Morgan fingerprint density at radius 2 is 1.91 bits per heavy atom. The Morgan fingerprint density at radius 1 is 1.18 bits per heavy atom. The molecule has 8 nitrogen and oxygen atoms in total. The van der Waals surface area contributed by atoms with Crippen LogP contribution in [-0.2, 0) is 13.6 Å². The first-order valence-corrected chi connectivity index (χ1v) is 12.2. The van der Waals surface area contributed by atoms with Crippen molar-refractivity contribution in [3.8, 4) is 6.07 Å². The van der Waals surface area contributed by atoms with Crippen LogP contribution in [0.15, 0.2) is 29.2 Å². The van der Waals surface area contributed by atoms with Gasteiger partial charge in [0.05, 0.1) is 29.2 Å². The second kappa shape index (κ2) is 9.59. The van der Waals surface area contributed by atoms with Crippen LogP contribution in [0.3, 0.4) is 0 Å². The lowest BCUT2D eigenvalue weighted by Gasteiger charge is -2.49. The Balaban J connectivity index is 1.72. The number of piperazine rings is 1. The topological polar surface area (TPSA) is 83.0 Å². The van der Waals surface area contributed by atoms with E-state index in [0.29, 0.717) is 6.04 Å². The maximum atomic E-state index is 12.8. The second-order valence-electron chi connectivity index (χ2n) is 9.43. The highest BCUT2D eigenvalue weighted by molar-refractivity contribution is 5.88. The number of anilines is 1. The largest absolute Gasteiger partial charge is 0.364 e. The third-order valence-corrected chi connectivity index (χ3v) is 7.46. The molecule has 4 rings (SSSR count). The highest BCUT2D eigenvalue weighted by Gasteiger charge is 2.36. The number of aromatic nitrogens is 4. The van der Waals surface area contributed by atoms with Crippen molar-refractivity contribution in [2.75, 3.05) is 18.0 Å². The molecule has 4 heterocycles. The van der Waals surface area contributed by atoms with Gasteiger partial charge in [-0.3, -0.25) is 19.4 Å². The molecule has 1 aliphatic heterocycles. The number of rotatable bonds is 6. The van der Waals surface area contributed by atoms with Gasteiger partial charge in [0.25, 0.3) is 5.56 Å². The third-order valence-electron chi connectivity index (χ3n) is 7.46. The number of hydrogen-bond acceptors (Lipinski definition) is 6. The molecular formula is C26H35N7O. The zero-order chi connectivity index (χ0) is 24.6. The zero-order valence-electron chi connectivity index (χ0n) is 21.1. The van der Waals surface area contributed by atoms with Crippen LogP contribution in [0.25, 0.3) is 11.0 Å². The fourth-order valence-corrected chi connectivity index (χ4v) is 5.12. The van der Waals surface area contributed by atoms with E-state index in [2.05, 4.69) is 67.7 Å². The fraction of sp³-hybridized carbons (Fsp3) is 0.538. The molecule has 1 fully saturated rings. The zero-order valence-corrected chi connectivity index (χ0v) is 21.1. The van der Waals surface area contributed by atoms with Crippen molar-refractivity contribution in [2.45, 2.75) is 72.1 Å². The van der Waals surface area contributed by atoms with Gasteiger partial charge in [0.1, 0.15) is 12.1 Å². The molecule has 180 valence electrons. The molecule has 3 aromatic rings. The predicted octanol–water partition coefficient (Wildman–Crippen LogP) is 3.71. The van der Waals surface area contributed by atoms with E-state index in [1.54, 1.807) is 28.6 Å². The average Bonchev–Trinajstić information content (AvgIpc) is 3.26.